The summed E-state index contributed by atoms with van der Waals surface area (Å²) in [7, 11) is 0. The molecule has 0 aliphatic carbocycles. The molecule has 0 unspecified atom stereocenters. The maximum atomic E-state index is 4.23. The third-order valence-corrected chi connectivity index (χ3v) is 1.69. The van der Waals surface area contributed by atoms with Gasteiger partial charge in [-0.3, -0.25) is 4.99 Å². The van der Waals surface area contributed by atoms with Gasteiger partial charge in [-0.25, -0.2) is 0 Å². The Bertz CT molecular complexity index is 219. The first-order valence-corrected chi connectivity index (χ1v) is 3.98. The zero-order valence-corrected chi connectivity index (χ0v) is 7.46. The monoisotopic (exact) mass is 149 g/mol. The molecule has 0 amide bonds. The minimum Gasteiger partial charge on any atom is -0.268 e. The molecule has 0 aromatic rings. The minimum absolute atomic E-state index is 0.122. The molecule has 0 atom stereocenters. The molecule has 0 aromatic carbocycles. The van der Waals surface area contributed by atoms with Crippen LogP contribution in [0.4, 0.5) is 0 Å². The Morgan fingerprint density at radius 2 is 2.18 bits per heavy atom. The Kier molecular flexibility index (Phi) is 2.28. The molecule has 0 saturated heterocycles. The molecule has 0 radical (unpaired) electrons. The van der Waals surface area contributed by atoms with Gasteiger partial charge in [-0.2, -0.15) is 0 Å². The van der Waals surface area contributed by atoms with E-state index in [2.05, 4.69) is 37.9 Å². The molecule has 0 N–H and O–H groups in total. The van der Waals surface area contributed by atoms with Crippen molar-refractivity contribution in [2.75, 3.05) is 0 Å². The number of nitrogens with zero attached hydrogens (tertiary/aromatic N) is 1. The van der Waals surface area contributed by atoms with Gasteiger partial charge >= 0.3 is 0 Å². The Morgan fingerprint density at radius 1 is 1.45 bits per heavy atom. The first kappa shape index (κ1) is 8.25. The van der Waals surface area contributed by atoms with Crippen LogP contribution in [0.3, 0.4) is 0 Å². The topological polar surface area (TPSA) is 12.4 Å². The highest BCUT2D eigenvalue weighted by Gasteiger charge is 2.09. The summed E-state index contributed by atoms with van der Waals surface area (Å²) in [5.74, 6) is 0. The van der Waals surface area contributed by atoms with Crippen molar-refractivity contribution in [2.24, 2.45) is 10.4 Å². The fraction of sp³-hybridized carbons (Fsp3) is 0.500. The first-order valence-electron chi connectivity index (χ1n) is 3.98. The van der Waals surface area contributed by atoms with Gasteiger partial charge in [0.05, 0.1) is 0 Å². The van der Waals surface area contributed by atoms with Gasteiger partial charge in [-0.05, 0) is 13.3 Å². The first-order chi connectivity index (χ1) is 5.10. The molecule has 0 spiro atoms. The fourth-order valence-electron chi connectivity index (χ4n) is 1.00. The molecule has 1 aliphatic rings. The maximum Gasteiger partial charge on any atom is 0.0256 e. The minimum atomic E-state index is 0.122. The predicted molar refractivity (Wildman–Crippen MR) is 49.8 cm³/mol. The maximum absolute atomic E-state index is 4.23. The van der Waals surface area contributed by atoms with Crippen molar-refractivity contribution < 1.29 is 0 Å². The molecule has 1 nitrogen and oxygen atoms in total. The lowest BCUT2D eigenvalue weighted by Gasteiger charge is -2.14. The van der Waals surface area contributed by atoms with E-state index in [0.29, 0.717) is 0 Å². The van der Waals surface area contributed by atoms with Crippen molar-refractivity contribution in [2.45, 2.75) is 27.2 Å². The zero-order chi connectivity index (χ0) is 8.32. The fourth-order valence-corrected chi connectivity index (χ4v) is 1.00. The van der Waals surface area contributed by atoms with Crippen LogP contribution in [-0.4, -0.2) is 6.21 Å². The summed E-state index contributed by atoms with van der Waals surface area (Å²) in [5, 5.41) is 0. The number of allylic oxidation sites excluding steroid dienone is 3. The standard InChI is InChI=1S/C10H15N/c1-9-5-4-6-10(2,3)8-11-7-9/h4,6-8H,5H2,1-3H3/b6-4-,9-7?,11-8?. The molecule has 0 bridgehead atoms. The van der Waals surface area contributed by atoms with Gasteiger partial charge in [-0.15, -0.1) is 0 Å². The number of hydrogen-bond acceptors (Lipinski definition) is 1. The van der Waals surface area contributed by atoms with Crippen LogP contribution >= 0.6 is 0 Å². The van der Waals surface area contributed by atoms with E-state index in [4.69, 9.17) is 0 Å². The lowest BCUT2D eigenvalue weighted by molar-refractivity contribution is 0.689. The van der Waals surface area contributed by atoms with Crippen LogP contribution in [-0.2, 0) is 0 Å². The number of aliphatic imine (C=N–C) groups is 1. The molecule has 1 aliphatic heterocycles. The smallest absolute Gasteiger partial charge is 0.0256 e. The van der Waals surface area contributed by atoms with Gasteiger partial charge in [0.25, 0.3) is 0 Å². The van der Waals surface area contributed by atoms with Crippen LogP contribution in [0.1, 0.15) is 27.2 Å². The summed E-state index contributed by atoms with van der Waals surface area (Å²) >= 11 is 0. The summed E-state index contributed by atoms with van der Waals surface area (Å²) in [5.41, 5.74) is 1.44. The third kappa shape index (κ3) is 2.71. The SMILES string of the molecule is CC1=CN=CC(C)(C)/C=C\C1. The highest BCUT2D eigenvalue weighted by Crippen LogP contribution is 2.17. The normalized spacial score (nSPS) is 25.2. The Hall–Kier alpha value is -0.850. The van der Waals surface area contributed by atoms with Crippen LogP contribution in [0.2, 0.25) is 0 Å². The van der Waals surface area contributed by atoms with Crippen LogP contribution in [0.15, 0.2) is 28.9 Å². The van der Waals surface area contributed by atoms with Gasteiger partial charge in [0.1, 0.15) is 0 Å². The average Bonchev–Trinajstić information content (AvgIpc) is 1.83. The van der Waals surface area contributed by atoms with Crippen LogP contribution < -0.4 is 0 Å². The van der Waals surface area contributed by atoms with Crippen LogP contribution in [0.25, 0.3) is 0 Å². The van der Waals surface area contributed by atoms with Crippen molar-refractivity contribution in [1.29, 1.82) is 0 Å². The number of hydrogen-bond donors (Lipinski definition) is 0. The number of rotatable bonds is 0. The molecular formula is C10H15N. The summed E-state index contributed by atoms with van der Waals surface area (Å²) in [4.78, 5) is 4.23. The van der Waals surface area contributed by atoms with E-state index in [1.165, 1.54) is 5.57 Å². The van der Waals surface area contributed by atoms with Crippen LogP contribution in [0, 0.1) is 5.41 Å². The second-order valence-corrected chi connectivity index (χ2v) is 3.68. The van der Waals surface area contributed by atoms with Crippen molar-refractivity contribution in [1.82, 2.24) is 0 Å². The summed E-state index contributed by atoms with van der Waals surface area (Å²) in [6, 6.07) is 0. The van der Waals surface area contributed by atoms with Gasteiger partial charge < -0.3 is 0 Å². The molecule has 11 heavy (non-hydrogen) atoms. The van der Waals surface area contributed by atoms with Gasteiger partial charge in [0, 0.05) is 17.8 Å². The lowest BCUT2D eigenvalue weighted by atomic mass is 9.93. The summed E-state index contributed by atoms with van der Waals surface area (Å²) < 4.78 is 0. The molecular weight excluding hydrogens is 134 g/mol. The molecule has 0 saturated carbocycles. The Morgan fingerprint density at radius 3 is 2.91 bits per heavy atom. The Balaban J connectivity index is 2.84. The molecule has 1 heterocycles. The van der Waals surface area contributed by atoms with E-state index in [-0.39, 0.29) is 5.41 Å². The van der Waals surface area contributed by atoms with E-state index < -0.39 is 0 Å². The third-order valence-electron chi connectivity index (χ3n) is 1.69. The van der Waals surface area contributed by atoms with E-state index in [0.717, 1.165) is 6.42 Å². The molecule has 1 rings (SSSR count). The molecule has 60 valence electrons. The highest BCUT2D eigenvalue weighted by atomic mass is 14.7. The van der Waals surface area contributed by atoms with Gasteiger partial charge in [0.2, 0.25) is 0 Å². The van der Waals surface area contributed by atoms with Gasteiger partial charge in [-0.1, -0.05) is 31.6 Å². The van der Waals surface area contributed by atoms with E-state index in [1.807, 2.05) is 12.4 Å². The predicted octanol–water partition coefficient (Wildman–Crippen LogP) is 2.95. The molecule has 0 aromatic heterocycles. The average molecular weight is 149 g/mol. The van der Waals surface area contributed by atoms with E-state index in [9.17, 15) is 0 Å². The van der Waals surface area contributed by atoms with Crippen LogP contribution in [0.5, 0.6) is 0 Å². The second-order valence-electron chi connectivity index (χ2n) is 3.68. The second kappa shape index (κ2) is 3.04. The van der Waals surface area contributed by atoms with E-state index in [1.54, 1.807) is 0 Å². The van der Waals surface area contributed by atoms with Crippen molar-refractivity contribution in [3.63, 3.8) is 0 Å². The molecule has 0 fully saturated rings. The van der Waals surface area contributed by atoms with E-state index >= 15 is 0 Å². The zero-order valence-electron chi connectivity index (χ0n) is 7.46. The van der Waals surface area contributed by atoms with Crippen molar-refractivity contribution >= 4 is 6.21 Å². The Labute approximate surface area is 68.5 Å². The quantitative estimate of drug-likeness (QED) is 0.469. The van der Waals surface area contributed by atoms with Crippen molar-refractivity contribution in [3.8, 4) is 0 Å². The van der Waals surface area contributed by atoms with Gasteiger partial charge in [0.15, 0.2) is 0 Å². The largest absolute Gasteiger partial charge is 0.268 e. The highest BCUT2D eigenvalue weighted by molar-refractivity contribution is 5.68. The lowest BCUT2D eigenvalue weighted by Crippen LogP contribution is -2.09. The molecule has 1 heteroatoms. The van der Waals surface area contributed by atoms with Crippen molar-refractivity contribution in [3.05, 3.63) is 23.9 Å². The summed E-state index contributed by atoms with van der Waals surface area (Å²) in [6.07, 6.45) is 9.35. The summed E-state index contributed by atoms with van der Waals surface area (Å²) in [6.45, 7) is 6.41.